The molecule has 0 aliphatic heterocycles. The molecule has 4 aromatic carbocycles. The number of pyridine rings is 1. The Morgan fingerprint density at radius 1 is 0.778 bits per heavy atom. The van der Waals surface area contributed by atoms with E-state index >= 15 is 0 Å². The maximum absolute atomic E-state index is 6.45. The number of furan rings is 1. The van der Waals surface area contributed by atoms with Gasteiger partial charge in [0, 0.05) is 26.3 Å². The summed E-state index contributed by atoms with van der Waals surface area (Å²) in [5.41, 5.74) is 6.52. The number of para-hydroxylation sites is 1. The Morgan fingerprint density at radius 3 is 2.36 bits per heavy atom. The van der Waals surface area contributed by atoms with Gasteiger partial charge >= 0.3 is 187 Å². The molecule has 8 aromatic rings. The minimum absolute atomic E-state index is 0. The van der Waals surface area contributed by atoms with Gasteiger partial charge in [-0.25, -0.2) is 0 Å². The van der Waals surface area contributed by atoms with Crippen molar-refractivity contribution in [3.63, 3.8) is 0 Å². The second-order valence-electron chi connectivity index (χ2n) is 11.4. The minimum atomic E-state index is -1.98. The van der Waals surface area contributed by atoms with E-state index < -0.39 is 13.3 Å². The van der Waals surface area contributed by atoms with E-state index in [0.29, 0.717) is 17.1 Å². The van der Waals surface area contributed by atoms with E-state index in [2.05, 4.69) is 73.8 Å². The monoisotopic (exact) mass is 827 g/mol. The summed E-state index contributed by atoms with van der Waals surface area (Å²) >= 11 is -1.98. The molecule has 0 saturated heterocycles. The first-order chi connectivity index (χ1) is 21.5. The minimum Gasteiger partial charge on any atom is -0.305 e. The molecule has 0 spiro atoms. The maximum atomic E-state index is 6.45. The van der Waals surface area contributed by atoms with Crippen LogP contribution in [-0.4, -0.2) is 43.0 Å². The van der Waals surface area contributed by atoms with Gasteiger partial charge in [-0.05, 0) is 11.8 Å². The molecule has 0 saturated carbocycles. The molecule has 4 heterocycles. The third-order valence-electron chi connectivity index (χ3n) is 7.41. The molecule has 0 fully saturated rings. The summed E-state index contributed by atoms with van der Waals surface area (Å²) in [4.78, 5) is 13.5. The van der Waals surface area contributed by atoms with Crippen LogP contribution in [0.25, 0.3) is 61.6 Å². The van der Waals surface area contributed by atoms with Gasteiger partial charge in [-0.3, -0.25) is 0 Å². The van der Waals surface area contributed by atoms with E-state index in [1.807, 2.05) is 83.4 Å². The summed E-state index contributed by atoms with van der Waals surface area (Å²) in [6, 6.07) is 40.8. The molecule has 45 heavy (non-hydrogen) atoms. The molecule has 0 bridgehead atoms. The van der Waals surface area contributed by atoms with Crippen molar-refractivity contribution in [2.45, 2.75) is 17.3 Å². The smallest absolute Gasteiger partial charge is 0.0160 e. The molecule has 223 valence electrons. The third kappa shape index (κ3) is 6.09. The number of imidazole rings is 1. The number of hydrogen-bond acceptors (Lipinski definition) is 6. The zero-order valence-corrected chi connectivity index (χ0v) is 29.4. The Bertz CT molecular complexity index is 2170. The van der Waals surface area contributed by atoms with Crippen molar-refractivity contribution in [3.05, 3.63) is 128 Å². The van der Waals surface area contributed by atoms with Gasteiger partial charge in [0.1, 0.15) is 0 Å². The summed E-state index contributed by atoms with van der Waals surface area (Å²) < 4.78 is 9.85. The van der Waals surface area contributed by atoms with Crippen LogP contribution in [0.4, 0.5) is 0 Å². The molecule has 0 unspecified atom stereocenters. The normalized spacial score (nSPS) is 11.3. The molecule has 0 aliphatic carbocycles. The van der Waals surface area contributed by atoms with Crippen molar-refractivity contribution in [3.8, 4) is 28.3 Å². The van der Waals surface area contributed by atoms with Crippen LogP contribution in [0.3, 0.4) is 0 Å². The second kappa shape index (κ2) is 12.9. The zero-order chi connectivity index (χ0) is 30.1. The van der Waals surface area contributed by atoms with Crippen molar-refractivity contribution < 1.29 is 24.5 Å². The molecule has 7 nitrogen and oxygen atoms in total. The Hall–Kier alpha value is -4.50. The first-order valence-corrected chi connectivity index (χ1v) is 21.7. The molecular weight excluding hydrogens is 797 g/mol. The van der Waals surface area contributed by atoms with Crippen molar-refractivity contribution in [1.29, 1.82) is 0 Å². The summed E-state index contributed by atoms with van der Waals surface area (Å²) in [6.07, 6.45) is 3.23. The van der Waals surface area contributed by atoms with Crippen LogP contribution in [0.15, 0.2) is 120 Å². The Balaban J connectivity index is 0.000000231. The first-order valence-electron chi connectivity index (χ1n) is 14.3. The fourth-order valence-corrected chi connectivity index (χ4v) is 7.59. The standard InChI is InChI=1S/C25H20GeN5O.C11H8N.Ir/c1-26(2,3)16-12-13-18-19-10-7-11-20(22(19)32-21(18)14-16)24-29-23-25(27-15-28-30-23)31(24)17-8-5-4-6-9-17;1-2-6-10(7-3-1)11-8-4-5-9-12-11;/h4-10,12-15H,1-3H3;1-6,8-9H;/q2*-1;. The van der Waals surface area contributed by atoms with Crippen molar-refractivity contribution >= 4 is 50.9 Å². The van der Waals surface area contributed by atoms with Gasteiger partial charge in [0.05, 0.1) is 0 Å². The van der Waals surface area contributed by atoms with Gasteiger partial charge in [0.2, 0.25) is 0 Å². The van der Waals surface area contributed by atoms with Crippen LogP contribution in [0, 0.1) is 12.1 Å². The van der Waals surface area contributed by atoms with E-state index in [9.17, 15) is 0 Å². The molecule has 4 aromatic heterocycles. The molecule has 0 aliphatic rings. The Kier molecular flexibility index (Phi) is 8.72. The first kappa shape index (κ1) is 30.5. The summed E-state index contributed by atoms with van der Waals surface area (Å²) in [5.74, 6) is 7.84. The van der Waals surface area contributed by atoms with Crippen LogP contribution in [0.5, 0.6) is 0 Å². The number of rotatable bonds is 4. The fraction of sp³-hybridized carbons (Fsp3) is 0.0833. The number of fused-ring (bicyclic) bond motifs is 4. The molecule has 8 rings (SSSR count). The molecule has 9 heteroatoms. The molecule has 1 radical (unpaired) electrons. The number of hydrogen-bond donors (Lipinski definition) is 0. The quantitative estimate of drug-likeness (QED) is 0.134. The van der Waals surface area contributed by atoms with Crippen molar-refractivity contribution in [2.24, 2.45) is 0 Å². The van der Waals surface area contributed by atoms with E-state index in [1.165, 1.54) is 10.7 Å². The maximum Gasteiger partial charge on any atom is 0.0160 e. The molecule has 0 N–H and O–H groups in total. The van der Waals surface area contributed by atoms with Crippen LogP contribution in [-0.2, 0) is 20.1 Å². The summed E-state index contributed by atoms with van der Waals surface area (Å²) in [7, 11) is 0. The largest absolute Gasteiger partial charge is 0.305 e. The number of aromatic nitrogens is 6. The predicted octanol–water partition coefficient (Wildman–Crippen LogP) is 7.67. The summed E-state index contributed by atoms with van der Waals surface area (Å²) in [5, 5.41) is 10.3. The summed E-state index contributed by atoms with van der Waals surface area (Å²) in [6.45, 7) is 0. The average molecular weight is 825 g/mol. The molecule has 0 atom stereocenters. The molecular formula is C36H28GeIrN6O-2. The van der Waals surface area contributed by atoms with Crippen molar-refractivity contribution in [1.82, 2.24) is 29.7 Å². The van der Waals surface area contributed by atoms with Crippen molar-refractivity contribution in [2.75, 3.05) is 0 Å². The van der Waals surface area contributed by atoms with Gasteiger partial charge in [-0.2, -0.15) is 0 Å². The number of benzene rings is 4. The van der Waals surface area contributed by atoms with E-state index in [1.54, 1.807) is 6.20 Å². The van der Waals surface area contributed by atoms with Crippen LogP contribution in [0.1, 0.15) is 0 Å². The SMILES string of the molecule is [CH3][Ge]([CH3])([CH3])[c]1ccc2c(c1)oc1c(-c3nc4nncnc4n3-c3ccccc3)[c-]ccc12.[Ir].[c-]1ccccc1-c1ccccn1. The van der Waals surface area contributed by atoms with Gasteiger partial charge in [0.15, 0.2) is 0 Å². The average Bonchev–Trinajstić information content (AvgIpc) is 3.64. The van der Waals surface area contributed by atoms with Crippen LogP contribution in [0.2, 0.25) is 17.3 Å². The van der Waals surface area contributed by atoms with Gasteiger partial charge in [-0.15, -0.1) is 35.9 Å². The Morgan fingerprint density at radius 2 is 1.60 bits per heavy atom. The van der Waals surface area contributed by atoms with Gasteiger partial charge in [0.25, 0.3) is 0 Å². The number of nitrogens with zero attached hydrogens (tertiary/aromatic N) is 6. The zero-order valence-electron chi connectivity index (χ0n) is 24.9. The molecule has 0 amide bonds. The van der Waals surface area contributed by atoms with Gasteiger partial charge < -0.3 is 4.98 Å². The third-order valence-corrected chi connectivity index (χ3v) is 11.7. The Labute approximate surface area is 277 Å². The topological polar surface area (TPSA) is 82.5 Å². The van der Waals surface area contributed by atoms with E-state index in [-0.39, 0.29) is 20.1 Å². The second-order valence-corrected chi connectivity index (χ2v) is 22.0. The van der Waals surface area contributed by atoms with Crippen LogP contribution >= 0.6 is 0 Å². The van der Waals surface area contributed by atoms with E-state index in [0.717, 1.165) is 44.4 Å². The predicted molar refractivity (Wildman–Crippen MR) is 177 cm³/mol. The van der Waals surface area contributed by atoms with Gasteiger partial charge in [-0.1, -0.05) is 12.1 Å². The fourth-order valence-electron chi connectivity index (χ4n) is 5.18. The van der Waals surface area contributed by atoms with E-state index in [4.69, 9.17) is 9.40 Å². The van der Waals surface area contributed by atoms with Crippen LogP contribution < -0.4 is 4.40 Å².